The predicted octanol–water partition coefficient (Wildman–Crippen LogP) is -1.83. The van der Waals surface area contributed by atoms with Gasteiger partial charge in [0, 0.05) is 53.0 Å². The fraction of sp³-hybridized carbons (Fsp3) is 0. The van der Waals surface area contributed by atoms with Gasteiger partial charge in [0.05, 0.1) is 31.8 Å². The Kier molecular flexibility index (Phi) is 23.0. The number of rotatable bonds is 10. The molecule has 0 amide bonds. The molecule has 0 unspecified atom stereocenters. The topological polar surface area (TPSA) is 299 Å². The molecular weight excluding hydrogens is 895 g/mol. The van der Waals surface area contributed by atoms with E-state index in [1.54, 1.807) is 24.3 Å². The van der Waals surface area contributed by atoms with Crippen LogP contribution in [0.25, 0.3) is 0 Å². The molecule has 5 rings (SSSR count). The van der Waals surface area contributed by atoms with Crippen LogP contribution in [-0.2, 0) is 37.6 Å². The Labute approximate surface area is 412 Å². The van der Waals surface area contributed by atoms with E-state index >= 15 is 0 Å². The summed E-state index contributed by atoms with van der Waals surface area (Å²) in [7, 11) is -9.31. The molecule has 0 spiro atoms. The maximum atomic E-state index is 11.3. The summed E-state index contributed by atoms with van der Waals surface area (Å²) in [5.74, 6) is -2.33. The van der Waals surface area contributed by atoms with Crippen molar-refractivity contribution in [2.75, 3.05) is 0 Å². The maximum absolute atomic E-state index is 11.3. The summed E-state index contributed by atoms with van der Waals surface area (Å²) in [5.41, 5.74) is -0.150. The number of phenols is 3. The molecule has 0 radical (unpaired) electrons. The van der Waals surface area contributed by atoms with Crippen LogP contribution < -0.4 is 88.7 Å². The van der Waals surface area contributed by atoms with Crippen LogP contribution in [0, 0.1) is 10.1 Å². The average molecular weight is 919 g/mol. The molecular formula is C33H24ClCrN5Na3O13S2+3. The molecule has 6 N–H and O–H groups in total. The molecule has 0 atom stereocenters. The molecule has 5 aromatic rings. The van der Waals surface area contributed by atoms with Gasteiger partial charge in [-0.2, -0.15) is 21.9 Å². The van der Waals surface area contributed by atoms with Gasteiger partial charge in [0.25, 0.3) is 25.9 Å². The van der Waals surface area contributed by atoms with Crippen molar-refractivity contribution in [1.82, 2.24) is 0 Å². The number of azo groups is 1. The van der Waals surface area contributed by atoms with E-state index in [0.717, 1.165) is 24.4 Å². The minimum absolute atomic E-state index is 0. The van der Waals surface area contributed by atoms with E-state index in [0.29, 0.717) is 6.07 Å². The van der Waals surface area contributed by atoms with Gasteiger partial charge in [-0.3, -0.25) is 29.2 Å². The van der Waals surface area contributed by atoms with Crippen LogP contribution >= 0.6 is 11.6 Å². The molecule has 18 nitrogen and oxygen atoms in total. The fourth-order valence-corrected chi connectivity index (χ4v) is 5.44. The van der Waals surface area contributed by atoms with Gasteiger partial charge in [0.15, 0.2) is 5.75 Å². The van der Waals surface area contributed by atoms with E-state index < -0.39 is 53.1 Å². The first kappa shape index (κ1) is 55.0. The second kappa shape index (κ2) is 24.3. The van der Waals surface area contributed by atoms with Crippen LogP contribution in [-0.4, -0.2) is 69.7 Å². The minimum Gasteiger partial charge on any atom is -0.507 e. The second-order valence-corrected chi connectivity index (χ2v) is 13.7. The van der Waals surface area contributed by atoms with Crippen molar-refractivity contribution >= 4 is 78.7 Å². The third-order valence-electron chi connectivity index (χ3n) is 6.78. The number of benzene rings is 5. The van der Waals surface area contributed by atoms with Gasteiger partial charge in [-0.05, 0) is 60.7 Å². The number of phenolic OH excluding ortho intramolecular Hbond substituents is 3. The zero-order valence-corrected chi connectivity index (χ0v) is 39.9. The standard InChI is InChI=1S/C20H14ClN3O6S.C13H10N2O7S.Cr.3Na/c21-16-7-6-14(31(28,29)30)10-18(16)24-23-13-5-8-19(25)12(9-13)11-22-17-4-2-1-3-15(17)20(26)27;16-11-4-2-1-3-8(11)7-14-10-5-9(15(18)19)6-12(13(10)17)23(20,21)22;;;;/h1-11,25H,(H,26,27)(H,28,29,30);1-7,16-17H,(H,20,21,22);;;;/q;;;3*+1. The number of para-hydroxylation sites is 2. The summed E-state index contributed by atoms with van der Waals surface area (Å²) in [6.45, 7) is 0. The number of nitro benzene ring substituents is 1. The van der Waals surface area contributed by atoms with Crippen LogP contribution in [0.1, 0.15) is 21.5 Å². The number of hydrogen-bond donors (Lipinski definition) is 6. The molecule has 0 fully saturated rings. The van der Waals surface area contributed by atoms with E-state index in [1.165, 1.54) is 54.7 Å². The smallest absolute Gasteiger partial charge is 0.507 e. The summed E-state index contributed by atoms with van der Waals surface area (Å²) in [4.78, 5) is 27.6. The summed E-state index contributed by atoms with van der Waals surface area (Å²) >= 11 is 5.99. The number of hydrogen-bond acceptors (Lipinski definition) is 14. The molecule has 25 heteroatoms. The number of carboxylic acid groups (broad SMARTS) is 1. The molecule has 0 saturated carbocycles. The van der Waals surface area contributed by atoms with Crippen molar-refractivity contribution in [2.24, 2.45) is 20.2 Å². The third-order valence-corrected chi connectivity index (χ3v) is 8.82. The zero-order chi connectivity index (χ0) is 39.8. The summed E-state index contributed by atoms with van der Waals surface area (Å²) in [5, 5.41) is 57.5. The number of halogens is 1. The number of aliphatic imine (C=N–C) groups is 2. The molecule has 5 aromatic carbocycles. The molecule has 0 aliphatic rings. The van der Waals surface area contributed by atoms with Crippen LogP contribution in [0.2, 0.25) is 5.02 Å². The third kappa shape index (κ3) is 15.5. The van der Waals surface area contributed by atoms with E-state index in [9.17, 15) is 52.2 Å². The number of nitrogens with zero attached hydrogens (tertiary/aromatic N) is 5. The van der Waals surface area contributed by atoms with Gasteiger partial charge >= 0.3 is 94.6 Å². The van der Waals surface area contributed by atoms with Crippen molar-refractivity contribution in [1.29, 1.82) is 0 Å². The molecule has 58 heavy (non-hydrogen) atoms. The van der Waals surface area contributed by atoms with E-state index in [4.69, 9.17) is 20.7 Å². The first-order valence-electron chi connectivity index (χ1n) is 14.5. The predicted molar refractivity (Wildman–Crippen MR) is 194 cm³/mol. The number of carboxylic acids is 1. The van der Waals surface area contributed by atoms with Crippen molar-refractivity contribution < 1.29 is 162 Å². The molecule has 0 aliphatic carbocycles. The summed E-state index contributed by atoms with van der Waals surface area (Å²) in [6.07, 6.45) is 2.37. The van der Waals surface area contributed by atoms with Gasteiger partial charge in [-0.25, -0.2) is 4.79 Å². The zero-order valence-electron chi connectivity index (χ0n) is 30.3. The number of non-ortho nitro benzene ring substituents is 1. The van der Waals surface area contributed by atoms with Crippen molar-refractivity contribution in [3.63, 3.8) is 0 Å². The number of nitro groups is 1. The normalized spacial score (nSPS) is 11.0. The van der Waals surface area contributed by atoms with Crippen LogP contribution in [0.15, 0.2) is 127 Å². The van der Waals surface area contributed by atoms with E-state index in [2.05, 4.69) is 20.2 Å². The maximum Gasteiger partial charge on any atom is 1.00 e. The Bertz CT molecular complexity index is 2600. The Balaban J connectivity index is 0.00000109. The quantitative estimate of drug-likeness (QED) is 0.0225. The monoisotopic (exact) mass is 918 g/mol. The second-order valence-electron chi connectivity index (χ2n) is 10.5. The van der Waals surface area contributed by atoms with Crippen LogP contribution in [0.5, 0.6) is 17.2 Å². The Morgan fingerprint density at radius 2 is 1.28 bits per heavy atom. The largest absolute Gasteiger partial charge is 1.00 e. The van der Waals surface area contributed by atoms with Gasteiger partial charge < -0.3 is 20.4 Å². The number of aromatic hydroxyl groups is 3. The Morgan fingerprint density at radius 1 is 0.690 bits per heavy atom. The van der Waals surface area contributed by atoms with Gasteiger partial charge in [-0.1, -0.05) is 35.9 Å². The van der Waals surface area contributed by atoms with E-state index in [1.807, 2.05) is 0 Å². The van der Waals surface area contributed by atoms with Crippen LogP contribution in [0.4, 0.5) is 28.4 Å². The molecule has 0 aromatic heterocycles. The first-order valence-corrected chi connectivity index (χ1v) is 17.8. The fourth-order valence-electron chi connectivity index (χ4n) is 4.17. The number of aromatic carboxylic acids is 1. The minimum atomic E-state index is -4.88. The van der Waals surface area contributed by atoms with Crippen LogP contribution in [0.3, 0.4) is 0 Å². The van der Waals surface area contributed by atoms with Crippen molar-refractivity contribution in [3.8, 4) is 17.2 Å². The summed E-state index contributed by atoms with van der Waals surface area (Å²) < 4.78 is 63.1. The molecule has 0 saturated heterocycles. The molecule has 0 aliphatic heterocycles. The number of carbonyl (C=O) groups is 1. The molecule has 284 valence electrons. The van der Waals surface area contributed by atoms with Gasteiger partial charge in [0.2, 0.25) is 0 Å². The van der Waals surface area contributed by atoms with E-state index in [-0.39, 0.29) is 161 Å². The van der Waals surface area contributed by atoms with Crippen molar-refractivity contribution in [2.45, 2.75) is 9.79 Å². The first-order chi connectivity index (χ1) is 25.3. The SMILES string of the molecule is O=C(O)c1ccccc1N=Cc1cc(N=Nc2cc(S(=O)(=O)O)ccc2Cl)ccc1O.O=[N+]([O-])c1cc(N=Cc2ccccc2O)c(O)c(S(=O)(=O)O)c1.[Cr].[Na+].[Na+].[Na+]. The molecule has 0 heterocycles. The van der Waals surface area contributed by atoms with Gasteiger partial charge in [0.1, 0.15) is 27.8 Å². The molecule has 0 bridgehead atoms. The van der Waals surface area contributed by atoms with Gasteiger partial charge in [-0.15, -0.1) is 5.11 Å². The average Bonchev–Trinajstić information content (AvgIpc) is 3.10. The Morgan fingerprint density at radius 3 is 1.88 bits per heavy atom. The summed E-state index contributed by atoms with van der Waals surface area (Å²) in [6, 6.07) is 21.2. The Hall–Kier alpha value is -3.05. The van der Waals surface area contributed by atoms with Crippen molar-refractivity contribution in [3.05, 3.63) is 129 Å².